The van der Waals surface area contributed by atoms with Gasteiger partial charge in [0.2, 0.25) is 0 Å². The monoisotopic (exact) mass is 510 g/mol. The number of carbonyl (C=O) groups excluding carboxylic acids is 2. The minimum absolute atomic E-state index is 0.00572. The molecule has 4 aliphatic rings. The Labute approximate surface area is 215 Å². The van der Waals surface area contributed by atoms with Crippen molar-refractivity contribution in [3.05, 3.63) is 0 Å². The summed E-state index contributed by atoms with van der Waals surface area (Å²) >= 11 is 0. The van der Waals surface area contributed by atoms with Gasteiger partial charge >= 0.3 is 12.2 Å². The fraction of sp³-hybridized carbons (Fsp3) is 0.923. The van der Waals surface area contributed by atoms with Crippen molar-refractivity contribution >= 4 is 12.2 Å². The molecular weight excluding hydrogens is 464 g/mol. The molecule has 2 amide bonds. The van der Waals surface area contributed by atoms with Gasteiger partial charge in [-0.2, -0.15) is 0 Å². The topological polar surface area (TPSA) is 124 Å². The average Bonchev–Trinajstić information content (AvgIpc) is 2.84. The Morgan fingerprint density at radius 1 is 0.611 bits per heavy atom. The lowest BCUT2D eigenvalue weighted by atomic mass is 9.68. The second-order valence-corrected chi connectivity index (χ2v) is 14.6. The third-order valence-corrected chi connectivity index (χ3v) is 8.59. The van der Waals surface area contributed by atoms with Crippen LogP contribution < -0.4 is 10.6 Å². The zero-order valence-electron chi connectivity index (χ0n) is 23.7. The summed E-state index contributed by atoms with van der Waals surface area (Å²) in [5, 5.41) is 30.6. The maximum atomic E-state index is 13.1. The lowest BCUT2D eigenvalue weighted by Gasteiger charge is -2.54. The van der Waals surface area contributed by atoms with Crippen molar-refractivity contribution in [1.29, 1.82) is 0 Å². The first-order valence-electron chi connectivity index (χ1n) is 13.0. The van der Waals surface area contributed by atoms with E-state index in [0.717, 1.165) is 0 Å². The van der Waals surface area contributed by atoms with Gasteiger partial charge in [0, 0.05) is 60.9 Å². The molecule has 4 aliphatic heterocycles. The number of hydrogen-bond donors (Lipinski definition) is 4. The van der Waals surface area contributed by atoms with E-state index in [4.69, 9.17) is 9.47 Å². The fourth-order valence-corrected chi connectivity index (χ4v) is 8.11. The van der Waals surface area contributed by atoms with E-state index in [1.54, 1.807) is 13.8 Å². The highest BCUT2D eigenvalue weighted by Gasteiger charge is 2.69. The van der Waals surface area contributed by atoms with Gasteiger partial charge < -0.3 is 30.3 Å². The molecule has 0 aliphatic carbocycles. The van der Waals surface area contributed by atoms with E-state index < -0.39 is 34.8 Å². The number of hydrogen-bond acceptors (Lipinski definition) is 8. The minimum atomic E-state index is -1.60. The SMILES string of the molecule is CC1(C)CC2(CC(C)(C)N1)OC(=O)N(CCN1C(=O)OC3(CC(C)(C)NC(C)(C)C3)[C@]1(C)O)[C@@]2(C)O. The van der Waals surface area contributed by atoms with Crippen molar-refractivity contribution in [1.82, 2.24) is 20.4 Å². The first kappa shape index (κ1) is 27.4. The fourth-order valence-electron chi connectivity index (χ4n) is 8.11. The second kappa shape index (κ2) is 7.48. The molecule has 0 aromatic rings. The highest BCUT2D eigenvalue weighted by Crippen LogP contribution is 2.52. The Kier molecular flexibility index (Phi) is 5.70. The Bertz CT molecular complexity index is 846. The van der Waals surface area contributed by atoms with Crippen LogP contribution in [0.1, 0.15) is 94.9 Å². The van der Waals surface area contributed by atoms with Crippen molar-refractivity contribution < 1.29 is 29.3 Å². The Balaban J connectivity index is 1.57. The van der Waals surface area contributed by atoms with Crippen molar-refractivity contribution in [3.63, 3.8) is 0 Å². The molecule has 0 saturated carbocycles. The van der Waals surface area contributed by atoms with E-state index in [9.17, 15) is 19.8 Å². The van der Waals surface area contributed by atoms with Crippen LogP contribution in [0.15, 0.2) is 0 Å². The summed E-state index contributed by atoms with van der Waals surface area (Å²) < 4.78 is 11.9. The highest BCUT2D eigenvalue weighted by atomic mass is 16.6. The van der Waals surface area contributed by atoms with Gasteiger partial charge in [0.05, 0.1) is 0 Å². The lowest BCUT2D eigenvalue weighted by molar-refractivity contribution is -0.189. The largest absolute Gasteiger partial charge is 0.437 e. The predicted octanol–water partition coefficient (Wildman–Crippen LogP) is 2.67. The minimum Gasteiger partial charge on any atom is -0.437 e. The number of nitrogens with one attached hydrogen (secondary N) is 2. The normalized spacial score (nSPS) is 37.3. The molecule has 10 nitrogen and oxygen atoms in total. The maximum Gasteiger partial charge on any atom is 0.412 e. The molecule has 10 heteroatoms. The lowest BCUT2D eigenvalue weighted by Crippen LogP contribution is -2.71. The van der Waals surface area contributed by atoms with E-state index in [0.29, 0.717) is 25.7 Å². The quantitative estimate of drug-likeness (QED) is 0.457. The molecule has 0 aromatic heterocycles. The third-order valence-electron chi connectivity index (χ3n) is 8.59. The number of aliphatic hydroxyl groups is 2. The van der Waals surface area contributed by atoms with E-state index in [1.165, 1.54) is 9.80 Å². The summed E-state index contributed by atoms with van der Waals surface area (Å²) in [7, 11) is 0. The molecule has 0 bridgehead atoms. The van der Waals surface area contributed by atoms with Crippen molar-refractivity contribution in [2.45, 2.75) is 140 Å². The first-order chi connectivity index (χ1) is 16.0. The van der Waals surface area contributed by atoms with Crippen molar-refractivity contribution in [2.24, 2.45) is 0 Å². The van der Waals surface area contributed by atoms with Crippen LogP contribution in [0.3, 0.4) is 0 Å². The van der Waals surface area contributed by atoms with E-state index in [-0.39, 0.29) is 35.2 Å². The van der Waals surface area contributed by atoms with Gasteiger partial charge in [-0.25, -0.2) is 9.59 Å². The molecule has 4 N–H and O–H groups in total. The van der Waals surface area contributed by atoms with Gasteiger partial charge in [0.1, 0.15) is 0 Å². The molecule has 0 unspecified atom stereocenters. The summed E-state index contributed by atoms with van der Waals surface area (Å²) in [4.78, 5) is 28.8. The zero-order chi connectivity index (χ0) is 27.4. The van der Waals surface area contributed by atoms with Crippen LogP contribution >= 0.6 is 0 Å². The number of carbonyl (C=O) groups is 2. The molecule has 0 radical (unpaired) electrons. The van der Waals surface area contributed by atoms with Gasteiger partial charge in [-0.3, -0.25) is 9.80 Å². The Hall–Kier alpha value is -1.62. The molecule has 206 valence electrons. The number of amides is 2. The Morgan fingerprint density at radius 2 is 0.861 bits per heavy atom. The highest BCUT2D eigenvalue weighted by molar-refractivity contribution is 5.74. The molecule has 4 heterocycles. The predicted molar refractivity (Wildman–Crippen MR) is 134 cm³/mol. The summed E-state index contributed by atoms with van der Waals surface area (Å²) in [5.74, 6) is 0. The second-order valence-electron chi connectivity index (χ2n) is 14.6. The Morgan fingerprint density at radius 3 is 1.11 bits per heavy atom. The van der Waals surface area contributed by atoms with Crippen LogP contribution in [0.2, 0.25) is 0 Å². The average molecular weight is 511 g/mol. The standard InChI is InChI=1S/C26H46N4O6/c1-19(2)13-25(14-20(3,4)27-19)23(9,33)29(17(31)35-25)11-12-30-18(32)36-26(24(30,10)34)15-21(5,6)28-22(7,8)16-26/h27-28,33-34H,11-16H2,1-10H3/t23-,24-/m0/s1. The van der Waals surface area contributed by atoms with Crippen molar-refractivity contribution in [2.75, 3.05) is 13.1 Å². The van der Waals surface area contributed by atoms with Crippen LogP contribution in [0.4, 0.5) is 9.59 Å². The summed E-state index contributed by atoms with van der Waals surface area (Å²) in [6.07, 6.45) is 0.481. The summed E-state index contributed by atoms with van der Waals surface area (Å²) in [6, 6.07) is 0. The number of ether oxygens (including phenoxy) is 2. The molecule has 36 heavy (non-hydrogen) atoms. The van der Waals surface area contributed by atoms with E-state index in [1.807, 2.05) is 55.4 Å². The molecule has 4 rings (SSSR count). The van der Waals surface area contributed by atoms with Gasteiger partial charge in [0.25, 0.3) is 0 Å². The number of rotatable bonds is 3. The summed E-state index contributed by atoms with van der Waals surface area (Å²) in [6.45, 7) is 19.4. The molecule has 2 spiro atoms. The van der Waals surface area contributed by atoms with Crippen LogP contribution in [0.5, 0.6) is 0 Å². The third kappa shape index (κ3) is 4.18. The summed E-state index contributed by atoms with van der Waals surface area (Å²) in [5.41, 5.74) is -6.91. The van der Waals surface area contributed by atoms with Gasteiger partial charge in [-0.15, -0.1) is 0 Å². The molecule has 2 atom stereocenters. The van der Waals surface area contributed by atoms with Crippen LogP contribution in [0.25, 0.3) is 0 Å². The van der Waals surface area contributed by atoms with Crippen molar-refractivity contribution in [3.8, 4) is 0 Å². The van der Waals surface area contributed by atoms with Gasteiger partial charge in [-0.1, -0.05) is 0 Å². The van der Waals surface area contributed by atoms with E-state index in [2.05, 4.69) is 10.6 Å². The van der Waals surface area contributed by atoms with Crippen LogP contribution in [-0.2, 0) is 9.47 Å². The molecular formula is C26H46N4O6. The molecule has 0 aromatic carbocycles. The van der Waals surface area contributed by atoms with Gasteiger partial charge in [-0.05, 0) is 69.2 Å². The maximum absolute atomic E-state index is 13.1. The number of piperidine rings is 2. The first-order valence-corrected chi connectivity index (χ1v) is 13.0. The smallest absolute Gasteiger partial charge is 0.412 e. The van der Waals surface area contributed by atoms with Crippen LogP contribution in [-0.4, -0.2) is 90.1 Å². The number of nitrogens with zero attached hydrogens (tertiary/aromatic N) is 2. The molecule has 4 saturated heterocycles. The van der Waals surface area contributed by atoms with E-state index >= 15 is 0 Å². The van der Waals surface area contributed by atoms with Gasteiger partial charge in [0.15, 0.2) is 22.7 Å². The van der Waals surface area contributed by atoms with Crippen LogP contribution in [0, 0.1) is 0 Å². The molecule has 4 fully saturated rings. The zero-order valence-corrected chi connectivity index (χ0v) is 23.7.